The van der Waals surface area contributed by atoms with Gasteiger partial charge in [0.1, 0.15) is 5.69 Å². The fourth-order valence-corrected chi connectivity index (χ4v) is 3.82. The van der Waals surface area contributed by atoms with Crippen molar-refractivity contribution in [3.8, 4) is 11.3 Å². The topological polar surface area (TPSA) is 67.2 Å². The molecule has 2 aromatic rings. The summed E-state index contributed by atoms with van der Waals surface area (Å²) in [7, 11) is 1.88. The van der Waals surface area contributed by atoms with Crippen LogP contribution in [0.2, 0.25) is 0 Å². The number of aryl methyl sites for hydroxylation is 2. The number of nitrogens with zero attached hydrogens (tertiary/aromatic N) is 2. The molecule has 2 N–H and O–H groups in total. The number of hydrogen-bond acceptors (Lipinski definition) is 4. The summed E-state index contributed by atoms with van der Waals surface area (Å²) in [4.78, 5) is 16.9. The van der Waals surface area contributed by atoms with E-state index in [-0.39, 0.29) is 12.0 Å². The van der Waals surface area contributed by atoms with Gasteiger partial charge in [-0.3, -0.25) is 4.79 Å². The molecule has 1 aliphatic rings. The summed E-state index contributed by atoms with van der Waals surface area (Å²) in [5, 5.41) is 15.8. The monoisotopic (exact) mass is 333 g/mol. The van der Waals surface area contributed by atoms with Gasteiger partial charge in [0, 0.05) is 30.7 Å². The Labute approximate surface area is 140 Å². The number of hydrogen-bond donors (Lipinski definition) is 2. The second-order valence-electron chi connectivity index (χ2n) is 6.37. The first-order valence-corrected chi connectivity index (χ1v) is 8.96. The van der Waals surface area contributed by atoms with Gasteiger partial charge in [0.05, 0.1) is 16.8 Å². The number of carbonyl (C=O) groups excluding carboxylic acids is 1. The molecule has 1 fully saturated rings. The van der Waals surface area contributed by atoms with Gasteiger partial charge in [0.2, 0.25) is 0 Å². The lowest BCUT2D eigenvalue weighted by Gasteiger charge is -2.25. The number of carbonyl (C=O) groups is 1. The minimum atomic E-state index is -0.208. The Hall–Kier alpha value is -1.66. The van der Waals surface area contributed by atoms with E-state index >= 15 is 0 Å². The standard InChI is InChI=1S/C17H23N3O2S/c1-11-19-15(10-23-11)13-7-16(20(2)9-13)17(22)18-8-12-4-3-5-14(21)6-12/h7,9-10,12,14,21H,3-6,8H2,1-2H3,(H,18,22). The van der Waals surface area contributed by atoms with Crippen LogP contribution in [-0.4, -0.2) is 33.2 Å². The molecule has 0 bridgehead atoms. The zero-order chi connectivity index (χ0) is 16.4. The molecule has 3 rings (SSSR count). The zero-order valence-corrected chi connectivity index (χ0v) is 14.4. The first-order valence-electron chi connectivity index (χ1n) is 8.08. The third-order valence-electron chi connectivity index (χ3n) is 4.46. The van der Waals surface area contributed by atoms with Crippen LogP contribution < -0.4 is 5.32 Å². The van der Waals surface area contributed by atoms with Gasteiger partial charge in [-0.15, -0.1) is 11.3 Å². The van der Waals surface area contributed by atoms with Crippen molar-refractivity contribution in [2.75, 3.05) is 6.54 Å². The highest BCUT2D eigenvalue weighted by molar-refractivity contribution is 7.09. The Bertz CT molecular complexity index is 692. The third-order valence-corrected chi connectivity index (χ3v) is 5.23. The normalized spacial score (nSPS) is 21.3. The molecular weight excluding hydrogens is 310 g/mol. The van der Waals surface area contributed by atoms with Gasteiger partial charge < -0.3 is 15.0 Å². The van der Waals surface area contributed by atoms with E-state index in [2.05, 4.69) is 10.3 Å². The van der Waals surface area contributed by atoms with Crippen LogP contribution >= 0.6 is 11.3 Å². The van der Waals surface area contributed by atoms with Gasteiger partial charge in [-0.1, -0.05) is 6.42 Å². The molecular formula is C17H23N3O2S. The Morgan fingerprint density at radius 3 is 3.04 bits per heavy atom. The van der Waals surface area contributed by atoms with Crippen LogP contribution in [0.1, 0.15) is 41.2 Å². The Morgan fingerprint density at radius 2 is 2.35 bits per heavy atom. The van der Waals surface area contributed by atoms with Gasteiger partial charge in [-0.25, -0.2) is 4.98 Å². The Kier molecular flexibility index (Phi) is 4.82. The van der Waals surface area contributed by atoms with E-state index in [1.54, 1.807) is 11.3 Å². The van der Waals surface area contributed by atoms with Gasteiger partial charge in [0.25, 0.3) is 5.91 Å². The van der Waals surface area contributed by atoms with Crippen LogP contribution in [0, 0.1) is 12.8 Å². The number of rotatable bonds is 4. The quantitative estimate of drug-likeness (QED) is 0.904. The fraction of sp³-hybridized carbons (Fsp3) is 0.529. The molecule has 0 aliphatic heterocycles. The summed E-state index contributed by atoms with van der Waals surface area (Å²) >= 11 is 1.61. The van der Waals surface area contributed by atoms with Crippen molar-refractivity contribution < 1.29 is 9.90 Å². The van der Waals surface area contributed by atoms with Crippen molar-refractivity contribution in [2.45, 2.75) is 38.7 Å². The number of aromatic nitrogens is 2. The molecule has 6 heteroatoms. The number of aliphatic hydroxyl groups is 1. The fourth-order valence-electron chi connectivity index (χ4n) is 3.20. The summed E-state index contributed by atoms with van der Waals surface area (Å²) in [6, 6.07) is 1.89. The second kappa shape index (κ2) is 6.84. The first-order chi connectivity index (χ1) is 11.0. The van der Waals surface area contributed by atoms with Crippen molar-refractivity contribution in [1.29, 1.82) is 0 Å². The summed E-state index contributed by atoms with van der Waals surface area (Å²) in [6.45, 7) is 2.61. The predicted molar refractivity (Wildman–Crippen MR) is 91.6 cm³/mol. The smallest absolute Gasteiger partial charge is 0.267 e. The van der Waals surface area contributed by atoms with Crippen LogP contribution in [-0.2, 0) is 7.05 Å². The number of thiazole rings is 1. The average molecular weight is 333 g/mol. The maximum absolute atomic E-state index is 12.4. The Morgan fingerprint density at radius 1 is 1.52 bits per heavy atom. The summed E-state index contributed by atoms with van der Waals surface area (Å²) in [6.07, 6.45) is 5.52. The number of nitrogens with one attached hydrogen (secondary N) is 1. The Balaban J connectivity index is 1.64. The van der Waals surface area contributed by atoms with Crippen molar-refractivity contribution >= 4 is 17.2 Å². The molecule has 1 aliphatic carbocycles. The average Bonchev–Trinajstić information content (AvgIpc) is 3.11. The van der Waals surface area contributed by atoms with Gasteiger partial charge in [0.15, 0.2) is 0 Å². The van der Waals surface area contributed by atoms with Crippen molar-refractivity contribution in [2.24, 2.45) is 13.0 Å². The number of aliphatic hydroxyl groups excluding tert-OH is 1. The van der Waals surface area contributed by atoms with Crippen molar-refractivity contribution in [1.82, 2.24) is 14.9 Å². The van der Waals surface area contributed by atoms with Gasteiger partial charge >= 0.3 is 0 Å². The van der Waals surface area contributed by atoms with E-state index in [0.29, 0.717) is 18.2 Å². The van der Waals surface area contributed by atoms with Crippen LogP contribution in [0.4, 0.5) is 0 Å². The van der Waals surface area contributed by atoms with Gasteiger partial charge in [-0.2, -0.15) is 0 Å². The van der Waals surface area contributed by atoms with Crippen molar-refractivity contribution in [3.63, 3.8) is 0 Å². The molecule has 2 heterocycles. The lowest BCUT2D eigenvalue weighted by atomic mass is 9.87. The van der Waals surface area contributed by atoms with E-state index in [9.17, 15) is 9.90 Å². The molecule has 1 amide bonds. The highest BCUT2D eigenvalue weighted by Gasteiger charge is 2.21. The van der Waals surface area contributed by atoms with Crippen LogP contribution in [0.5, 0.6) is 0 Å². The number of amides is 1. The van der Waals surface area contributed by atoms with Crippen LogP contribution in [0.15, 0.2) is 17.6 Å². The van der Waals surface area contributed by atoms with Crippen LogP contribution in [0.25, 0.3) is 11.3 Å². The molecule has 2 unspecified atom stereocenters. The minimum Gasteiger partial charge on any atom is -0.393 e. The second-order valence-corrected chi connectivity index (χ2v) is 7.44. The summed E-state index contributed by atoms with van der Waals surface area (Å²) in [5.41, 5.74) is 2.52. The van der Waals surface area contributed by atoms with E-state index in [0.717, 1.165) is 41.9 Å². The summed E-state index contributed by atoms with van der Waals surface area (Å²) < 4.78 is 1.84. The van der Waals surface area contributed by atoms with Crippen LogP contribution in [0.3, 0.4) is 0 Å². The lowest BCUT2D eigenvalue weighted by Crippen LogP contribution is -2.33. The van der Waals surface area contributed by atoms with Crippen molar-refractivity contribution in [3.05, 3.63) is 28.3 Å². The maximum atomic E-state index is 12.4. The molecule has 23 heavy (non-hydrogen) atoms. The molecule has 0 saturated heterocycles. The molecule has 0 spiro atoms. The zero-order valence-electron chi connectivity index (χ0n) is 13.6. The van der Waals surface area contributed by atoms with E-state index in [1.807, 2.05) is 36.2 Å². The highest BCUT2D eigenvalue weighted by atomic mass is 32.1. The molecule has 0 aromatic carbocycles. The largest absolute Gasteiger partial charge is 0.393 e. The molecule has 0 radical (unpaired) electrons. The van der Waals surface area contributed by atoms with E-state index in [1.165, 1.54) is 0 Å². The maximum Gasteiger partial charge on any atom is 0.267 e. The molecule has 2 atom stereocenters. The minimum absolute atomic E-state index is 0.0641. The third kappa shape index (κ3) is 3.82. The molecule has 2 aromatic heterocycles. The highest BCUT2D eigenvalue weighted by Crippen LogP contribution is 2.25. The molecule has 5 nitrogen and oxygen atoms in total. The molecule has 124 valence electrons. The van der Waals surface area contributed by atoms with E-state index in [4.69, 9.17) is 0 Å². The SMILES string of the molecule is Cc1nc(-c2cc(C(=O)NCC3CCCC(O)C3)n(C)c2)cs1. The first kappa shape index (κ1) is 16.2. The predicted octanol–water partition coefficient (Wildman–Crippen LogP) is 2.74. The molecule has 1 saturated carbocycles. The lowest BCUT2D eigenvalue weighted by molar-refractivity contribution is 0.0868. The van der Waals surface area contributed by atoms with E-state index < -0.39 is 0 Å². The summed E-state index contributed by atoms with van der Waals surface area (Å²) in [5.74, 6) is 0.314. The van der Waals surface area contributed by atoms with Gasteiger partial charge in [-0.05, 0) is 38.2 Å².